The second-order valence-electron chi connectivity index (χ2n) is 7.02. The third kappa shape index (κ3) is 3.88. The largest absolute Gasteiger partial charge is 0.344 e. The number of hydrogen-bond acceptors (Lipinski definition) is 3. The van der Waals surface area contributed by atoms with E-state index in [9.17, 15) is 4.79 Å². The Morgan fingerprint density at radius 1 is 1.24 bits per heavy atom. The highest BCUT2D eigenvalue weighted by Gasteiger charge is 2.34. The topological polar surface area (TPSA) is 59.0 Å². The Labute approximate surface area is 152 Å². The van der Waals surface area contributed by atoms with Gasteiger partial charge in [-0.3, -0.25) is 9.48 Å². The van der Waals surface area contributed by atoms with Gasteiger partial charge in [-0.15, -0.1) is 0 Å². The summed E-state index contributed by atoms with van der Waals surface area (Å²) in [7, 11) is 0. The number of nitrogens with one attached hydrogen (secondary N) is 2. The van der Waals surface area contributed by atoms with Crippen molar-refractivity contribution in [2.24, 2.45) is 5.92 Å². The standard InChI is InChI=1S/C19H23ClN4O/c20-15-7-5-14(6-8-15)18(13-3-4-13)22-19(25)17-9-11-24(23-17)16-2-1-10-21-12-16/h5-9,11,13,16,18,21H,1-4,10,12H2,(H,22,25). The minimum atomic E-state index is -0.102. The third-order valence-electron chi connectivity index (χ3n) is 5.10. The lowest BCUT2D eigenvalue weighted by molar-refractivity contribution is 0.0925. The van der Waals surface area contributed by atoms with E-state index in [-0.39, 0.29) is 11.9 Å². The molecule has 1 aliphatic carbocycles. The predicted molar refractivity (Wildman–Crippen MR) is 97.8 cm³/mol. The molecule has 2 heterocycles. The molecule has 1 saturated carbocycles. The van der Waals surface area contributed by atoms with E-state index in [0.717, 1.165) is 44.3 Å². The van der Waals surface area contributed by atoms with Crippen LogP contribution in [0.1, 0.15) is 53.8 Å². The summed E-state index contributed by atoms with van der Waals surface area (Å²) in [6.07, 6.45) is 6.46. The van der Waals surface area contributed by atoms with Crippen LogP contribution in [0.4, 0.5) is 0 Å². The molecule has 6 heteroatoms. The van der Waals surface area contributed by atoms with Crippen molar-refractivity contribution in [3.05, 3.63) is 52.8 Å². The van der Waals surface area contributed by atoms with Crippen molar-refractivity contribution < 1.29 is 4.79 Å². The SMILES string of the molecule is O=C(NC(c1ccc(Cl)cc1)C1CC1)c1ccn(C2CCCNC2)n1. The summed E-state index contributed by atoms with van der Waals surface area (Å²) < 4.78 is 1.93. The Hall–Kier alpha value is -1.85. The molecule has 1 aromatic carbocycles. The first kappa shape index (κ1) is 16.6. The Bertz CT molecular complexity index is 732. The maximum absolute atomic E-state index is 12.7. The second kappa shape index (κ2) is 7.18. The molecule has 4 rings (SSSR count). The number of benzene rings is 1. The Balaban J connectivity index is 1.46. The maximum Gasteiger partial charge on any atom is 0.272 e. The van der Waals surface area contributed by atoms with Gasteiger partial charge in [0.1, 0.15) is 5.69 Å². The van der Waals surface area contributed by atoms with E-state index in [4.69, 9.17) is 11.6 Å². The Morgan fingerprint density at radius 3 is 2.72 bits per heavy atom. The van der Waals surface area contributed by atoms with Gasteiger partial charge in [-0.1, -0.05) is 23.7 Å². The number of nitrogens with zero attached hydrogens (tertiary/aromatic N) is 2. The van der Waals surface area contributed by atoms with Crippen molar-refractivity contribution >= 4 is 17.5 Å². The van der Waals surface area contributed by atoms with Crippen molar-refractivity contribution in [1.29, 1.82) is 0 Å². The number of amides is 1. The van der Waals surface area contributed by atoms with E-state index in [1.165, 1.54) is 0 Å². The molecule has 1 saturated heterocycles. The minimum Gasteiger partial charge on any atom is -0.344 e. The molecular formula is C19H23ClN4O. The van der Waals surface area contributed by atoms with Gasteiger partial charge in [0.15, 0.2) is 0 Å². The highest BCUT2D eigenvalue weighted by molar-refractivity contribution is 6.30. The highest BCUT2D eigenvalue weighted by atomic mass is 35.5. The van der Waals surface area contributed by atoms with Crippen LogP contribution in [-0.4, -0.2) is 28.8 Å². The van der Waals surface area contributed by atoms with Crippen LogP contribution in [0.25, 0.3) is 0 Å². The van der Waals surface area contributed by atoms with Crippen molar-refractivity contribution in [1.82, 2.24) is 20.4 Å². The number of carbonyl (C=O) groups excluding carboxylic acids is 1. The summed E-state index contributed by atoms with van der Waals surface area (Å²) in [5.74, 6) is 0.407. The van der Waals surface area contributed by atoms with E-state index < -0.39 is 0 Å². The minimum absolute atomic E-state index is 0.0336. The fourth-order valence-electron chi connectivity index (χ4n) is 3.51. The molecule has 1 aromatic heterocycles. The van der Waals surface area contributed by atoms with Crippen LogP contribution in [0.3, 0.4) is 0 Å². The summed E-state index contributed by atoms with van der Waals surface area (Å²) >= 11 is 5.98. The quantitative estimate of drug-likeness (QED) is 0.861. The zero-order valence-electron chi connectivity index (χ0n) is 14.1. The monoisotopic (exact) mass is 358 g/mol. The zero-order chi connectivity index (χ0) is 17.2. The van der Waals surface area contributed by atoms with Gasteiger partial charge in [-0.2, -0.15) is 5.10 Å². The number of carbonyl (C=O) groups is 1. The summed E-state index contributed by atoms with van der Waals surface area (Å²) in [6.45, 7) is 1.98. The van der Waals surface area contributed by atoms with E-state index in [0.29, 0.717) is 22.7 Å². The van der Waals surface area contributed by atoms with E-state index in [2.05, 4.69) is 15.7 Å². The summed E-state index contributed by atoms with van der Waals surface area (Å²) in [5, 5.41) is 11.8. The lowest BCUT2D eigenvalue weighted by atomic mass is 10.0. The van der Waals surface area contributed by atoms with Crippen LogP contribution in [0.5, 0.6) is 0 Å². The second-order valence-corrected chi connectivity index (χ2v) is 7.46. The van der Waals surface area contributed by atoms with Crippen LogP contribution in [0.2, 0.25) is 5.02 Å². The molecule has 1 aliphatic heterocycles. The average Bonchev–Trinajstić information content (AvgIpc) is 3.36. The van der Waals surface area contributed by atoms with Gasteiger partial charge in [0, 0.05) is 17.8 Å². The number of piperidine rings is 1. The number of hydrogen-bond donors (Lipinski definition) is 2. The molecule has 2 fully saturated rings. The zero-order valence-corrected chi connectivity index (χ0v) is 14.9. The van der Waals surface area contributed by atoms with Gasteiger partial charge in [0.05, 0.1) is 12.1 Å². The molecule has 132 valence electrons. The van der Waals surface area contributed by atoms with Crippen molar-refractivity contribution in [2.45, 2.75) is 37.8 Å². The van der Waals surface area contributed by atoms with Gasteiger partial charge in [-0.25, -0.2) is 0 Å². The van der Waals surface area contributed by atoms with Gasteiger partial charge < -0.3 is 10.6 Å². The molecule has 5 nitrogen and oxygen atoms in total. The van der Waals surface area contributed by atoms with Gasteiger partial charge in [0.25, 0.3) is 5.91 Å². The molecule has 1 amide bonds. The van der Waals surface area contributed by atoms with Crippen LogP contribution in [0, 0.1) is 5.92 Å². The van der Waals surface area contributed by atoms with Gasteiger partial charge >= 0.3 is 0 Å². The molecule has 2 unspecified atom stereocenters. The van der Waals surface area contributed by atoms with Crippen molar-refractivity contribution in [2.75, 3.05) is 13.1 Å². The fourth-order valence-corrected chi connectivity index (χ4v) is 3.64. The summed E-state index contributed by atoms with van der Waals surface area (Å²) in [6, 6.07) is 9.94. The van der Waals surface area contributed by atoms with E-state index in [1.54, 1.807) is 0 Å². The molecular weight excluding hydrogens is 336 g/mol. The average molecular weight is 359 g/mol. The molecule has 25 heavy (non-hydrogen) atoms. The van der Waals surface area contributed by atoms with E-state index in [1.807, 2.05) is 41.2 Å². The molecule has 2 N–H and O–H groups in total. The number of rotatable bonds is 5. The third-order valence-corrected chi connectivity index (χ3v) is 5.35. The van der Waals surface area contributed by atoms with Crippen LogP contribution >= 0.6 is 11.6 Å². The van der Waals surface area contributed by atoms with Crippen LogP contribution < -0.4 is 10.6 Å². The lowest BCUT2D eigenvalue weighted by Gasteiger charge is -2.23. The normalized spacial score (nSPS) is 21.7. The van der Waals surface area contributed by atoms with Crippen LogP contribution in [-0.2, 0) is 0 Å². The van der Waals surface area contributed by atoms with Crippen molar-refractivity contribution in [3.63, 3.8) is 0 Å². The summed E-state index contributed by atoms with van der Waals surface area (Å²) in [5.41, 5.74) is 1.60. The smallest absolute Gasteiger partial charge is 0.272 e. The van der Waals surface area contributed by atoms with E-state index >= 15 is 0 Å². The maximum atomic E-state index is 12.7. The number of halogens is 1. The predicted octanol–water partition coefficient (Wildman–Crippen LogP) is 3.34. The highest BCUT2D eigenvalue weighted by Crippen LogP contribution is 2.41. The molecule has 2 aromatic rings. The molecule has 0 radical (unpaired) electrons. The van der Waals surface area contributed by atoms with Crippen molar-refractivity contribution in [3.8, 4) is 0 Å². The lowest BCUT2D eigenvalue weighted by Crippen LogP contribution is -2.33. The van der Waals surface area contributed by atoms with Gasteiger partial charge in [0.2, 0.25) is 0 Å². The summed E-state index contributed by atoms with van der Waals surface area (Å²) in [4.78, 5) is 12.7. The molecule has 0 spiro atoms. The number of aromatic nitrogens is 2. The molecule has 2 aliphatic rings. The Morgan fingerprint density at radius 2 is 2.04 bits per heavy atom. The molecule has 0 bridgehead atoms. The molecule has 2 atom stereocenters. The van der Waals surface area contributed by atoms with Gasteiger partial charge in [-0.05, 0) is 61.9 Å². The Kier molecular flexibility index (Phi) is 4.77. The first-order valence-corrected chi connectivity index (χ1v) is 9.41. The first-order chi connectivity index (χ1) is 12.2. The first-order valence-electron chi connectivity index (χ1n) is 9.03. The van der Waals surface area contributed by atoms with Crippen LogP contribution in [0.15, 0.2) is 36.5 Å². The fraction of sp³-hybridized carbons (Fsp3) is 0.474.